The smallest absolute Gasteiger partial charge is 0.303 e. The molecule has 0 rings (SSSR count). The summed E-state index contributed by atoms with van der Waals surface area (Å²) in [5.41, 5.74) is 0. The molecule has 5 N–H and O–H groups in total. The van der Waals surface area contributed by atoms with Gasteiger partial charge >= 0.3 is 5.97 Å². The zero-order chi connectivity index (χ0) is 12.1. The lowest BCUT2D eigenvalue weighted by molar-refractivity contribution is -0.356. The molecule has 0 saturated carbocycles. The summed E-state index contributed by atoms with van der Waals surface area (Å²) in [5, 5.41) is 37.8. The Morgan fingerprint density at radius 2 is 1.93 bits per heavy atom. The van der Waals surface area contributed by atoms with Crippen LogP contribution in [0.15, 0.2) is 0 Å². The fraction of sp³-hybridized carbons (Fsp3) is 0.889. The number of carbonyl (C=O) groups is 1. The first-order valence-corrected chi connectivity index (χ1v) is 4.89. The molecule has 90 valence electrons. The monoisotopic (exact) mass is 221 g/mol. The Hall–Kier alpha value is -0.690. The Kier molecular flexibility index (Phi) is 5.74. The van der Waals surface area contributed by atoms with E-state index in [9.17, 15) is 9.90 Å². The van der Waals surface area contributed by atoms with Crippen molar-refractivity contribution in [2.45, 2.75) is 51.2 Å². The van der Waals surface area contributed by atoms with Crippen LogP contribution in [0.2, 0.25) is 0 Å². The van der Waals surface area contributed by atoms with Crippen LogP contribution in [0.3, 0.4) is 0 Å². The maximum atomic E-state index is 10.8. The summed E-state index contributed by atoms with van der Waals surface area (Å²) >= 11 is 0. The molecular formula is C9H19NO5. The fourth-order valence-electron chi connectivity index (χ4n) is 1.31. The molecule has 2 unspecified atom stereocenters. The molecule has 0 fully saturated rings. The highest BCUT2D eigenvalue weighted by Crippen LogP contribution is 2.12. The second-order valence-corrected chi connectivity index (χ2v) is 3.62. The standard InChI is InChI=1S/C9H19NO5/c1-3-4-7(10-6(2)11)5-8(12)9(13,14)15/h7-8,12-15H,3-5H2,1-2H3,(H,10,11). The fourth-order valence-corrected chi connectivity index (χ4v) is 1.31. The van der Waals surface area contributed by atoms with Crippen molar-refractivity contribution in [2.24, 2.45) is 0 Å². The van der Waals surface area contributed by atoms with Gasteiger partial charge in [-0.3, -0.25) is 4.79 Å². The molecule has 1 amide bonds. The average Bonchev–Trinajstić information content (AvgIpc) is 2.01. The van der Waals surface area contributed by atoms with Gasteiger partial charge in [-0.1, -0.05) is 13.3 Å². The zero-order valence-electron chi connectivity index (χ0n) is 8.97. The molecule has 0 aliphatic carbocycles. The van der Waals surface area contributed by atoms with Gasteiger partial charge in [0.25, 0.3) is 0 Å². The minimum absolute atomic E-state index is 0.114. The van der Waals surface area contributed by atoms with E-state index in [0.29, 0.717) is 6.42 Å². The van der Waals surface area contributed by atoms with Crippen LogP contribution < -0.4 is 5.32 Å². The van der Waals surface area contributed by atoms with Crippen molar-refractivity contribution < 1.29 is 25.2 Å². The third kappa shape index (κ3) is 6.40. The summed E-state index contributed by atoms with van der Waals surface area (Å²) in [6.07, 6.45) is -0.461. The number of aliphatic hydroxyl groups excluding tert-OH is 1. The Balaban J connectivity index is 4.21. The molecule has 0 aromatic carbocycles. The van der Waals surface area contributed by atoms with Gasteiger partial charge in [-0.25, -0.2) is 0 Å². The van der Waals surface area contributed by atoms with Crippen molar-refractivity contribution in [3.63, 3.8) is 0 Å². The van der Waals surface area contributed by atoms with Crippen molar-refractivity contribution >= 4 is 5.91 Å². The first-order valence-electron chi connectivity index (χ1n) is 4.89. The van der Waals surface area contributed by atoms with Gasteiger partial charge in [0.1, 0.15) is 6.10 Å². The number of nitrogens with one attached hydrogen (secondary N) is 1. The molecule has 15 heavy (non-hydrogen) atoms. The van der Waals surface area contributed by atoms with Crippen molar-refractivity contribution in [3.05, 3.63) is 0 Å². The molecule has 6 heteroatoms. The number of rotatable bonds is 6. The zero-order valence-corrected chi connectivity index (χ0v) is 8.97. The van der Waals surface area contributed by atoms with Gasteiger partial charge in [-0.2, -0.15) is 0 Å². The quantitative estimate of drug-likeness (QED) is 0.357. The molecule has 0 heterocycles. The SMILES string of the molecule is CCCC(CC(O)C(O)(O)O)NC(C)=O. The number of carbonyl (C=O) groups excluding carboxylic acids is 1. The van der Waals surface area contributed by atoms with Crippen molar-refractivity contribution in [3.8, 4) is 0 Å². The Morgan fingerprint density at radius 3 is 2.27 bits per heavy atom. The largest absolute Gasteiger partial charge is 0.385 e. The lowest BCUT2D eigenvalue weighted by Gasteiger charge is -2.25. The van der Waals surface area contributed by atoms with Crippen LogP contribution in [0.1, 0.15) is 33.1 Å². The van der Waals surface area contributed by atoms with Crippen LogP contribution >= 0.6 is 0 Å². The van der Waals surface area contributed by atoms with E-state index in [1.807, 2.05) is 6.92 Å². The van der Waals surface area contributed by atoms with E-state index in [1.165, 1.54) is 6.92 Å². The summed E-state index contributed by atoms with van der Waals surface area (Å²) in [5.74, 6) is -3.38. The molecule has 0 radical (unpaired) electrons. The summed E-state index contributed by atoms with van der Waals surface area (Å²) < 4.78 is 0. The number of aliphatic hydroxyl groups is 4. The van der Waals surface area contributed by atoms with Crippen molar-refractivity contribution in [1.82, 2.24) is 5.32 Å². The Morgan fingerprint density at radius 1 is 1.40 bits per heavy atom. The minimum atomic E-state index is -3.12. The van der Waals surface area contributed by atoms with E-state index < -0.39 is 12.1 Å². The molecule has 0 aromatic rings. The van der Waals surface area contributed by atoms with Crippen molar-refractivity contribution in [1.29, 1.82) is 0 Å². The van der Waals surface area contributed by atoms with Gasteiger partial charge in [-0.15, -0.1) is 0 Å². The summed E-state index contributed by atoms with van der Waals surface area (Å²) in [6, 6.07) is -0.381. The maximum Gasteiger partial charge on any atom is 0.303 e. The highest BCUT2D eigenvalue weighted by atomic mass is 16.7. The van der Waals surface area contributed by atoms with Crippen LogP contribution in [0.4, 0.5) is 0 Å². The van der Waals surface area contributed by atoms with E-state index in [-0.39, 0.29) is 18.4 Å². The number of amides is 1. The van der Waals surface area contributed by atoms with Crippen LogP contribution in [-0.4, -0.2) is 44.5 Å². The van der Waals surface area contributed by atoms with Crippen LogP contribution in [0, 0.1) is 0 Å². The summed E-state index contributed by atoms with van der Waals surface area (Å²) in [6.45, 7) is 3.23. The van der Waals surface area contributed by atoms with Crippen LogP contribution in [-0.2, 0) is 4.79 Å². The molecule has 2 atom stereocenters. The summed E-state index contributed by atoms with van der Waals surface area (Å²) in [7, 11) is 0. The Labute approximate surface area is 88.5 Å². The van der Waals surface area contributed by atoms with Crippen molar-refractivity contribution in [2.75, 3.05) is 0 Å². The Bertz CT molecular complexity index is 201. The van der Waals surface area contributed by atoms with E-state index in [4.69, 9.17) is 15.3 Å². The molecular weight excluding hydrogens is 202 g/mol. The van der Waals surface area contributed by atoms with E-state index in [0.717, 1.165) is 6.42 Å². The van der Waals surface area contributed by atoms with Gasteiger partial charge in [-0.05, 0) is 6.42 Å². The predicted molar refractivity (Wildman–Crippen MR) is 52.5 cm³/mol. The molecule has 6 nitrogen and oxygen atoms in total. The molecule has 0 aromatic heterocycles. The third-order valence-corrected chi connectivity index (χ3v) is 2.00. The molecule has 0 aliphatic heterocycles. The molecule has 0 bridgehead atoms. The first-order chi connectivity index (χ1) is 6.77. The van der Waals surface area contributed by atoms with E-state index in [1.54, 1.807) is 0 Å². The third-order valence-electron chi connectivity index (χ3n) is 2.00. The molecule has 0 aliphatic rings. The minimum Gasteiger partial charge on any atom is -0.385 e. The second-order valence-electron chi connectivity index (χ2n) is 3.62. The van der Waals surface area contributed by atoms with Gasteiger partial charge in [0, 0.05) is 19.4 Å². The normalized spacial score (nSPS) is 15.9. The second kappa shape index (κ2) is 6.02. The van der Waals surface area contributed by atoms with Crippen LogP contribution in [0.25, 0.3) is 0 Å². The number of hydrogen-bond acceptors (Lipinski definition) is 5. The van der Waals surface area contributed by atoms with Gasteiger partial charge in [0.2, 0.25) is 5.91 Å². The highest BCUT2D eigenvalue weighted by Gasteiger charge is 2.32. The topological polar surface area (TPSA) is 110 Å². The van der Waals surface area contributed by atoms with Gasteiger partial charge < -0.3 is 25.7 Å². The average molecular weight is 221 g/mol. The lowest BCUT2D eigenvalue weighted by Crippen LogP contribution is -2.46. The van der Waals surface area contributed by atoms with E-state index >= 15 is 0 Å². The van der Waals surface area contributed by atoms with E-state index in [2.05, 4.69) is 5.32 Å². The maximum absolute atomic E-state index is 10.8. The summed E-state index contributed by atoms with van der Waals surface area (Å²) in [4.78, 5) is 10.8. The van der Waals surface area contributed by atoms with Crippen LogP contribution in [0.5, 0.6) is 0 Å². The first kappa shape index (κ1) is 14.3. The van der Waals surface area contributed by atoms with Gasteiger partial charge in [0.05, 0.1) is 0 Å². The highest BCUT2D eigenvalue weighted by molar-refractivity contribution is 5.73. The van der Waals surface area contributed by atoms with Gasteiger partial charge in [0.15, 0.2) is 0 Å². The predicted octanol–water partition coefficient (Wildman–Crippen LogP) is -1.33. The molecule has 0 spiro atoms. The lowest BCUT2D eigenvalue weighted by atomic mass is 10.0. The molecule has 0 saturated heterocycles. The number of hydrogen-bond donors (Lipinski definition) is 5.